The van der Waals surface area contributed by atoms with Crippen molar-refractivity contribution < 1.29 is 22.8 Å². The molecule has 0 radical (unpaired) electrons. The van der Waals surface area contributed by atoms with Crippen LogP contribution < -0.4 is 15.4 Å². The van der Waals surface area contributed by atoms with Crippen molar-refractivity contribution in [3.8, 4) is 0 Å². The normalized spacial score (nSPS) is 18.3. The summed E-state index contributed by atoms with van der Waals surface area (Å²) in [5, 5.41) is 5.44. The fourth-order valence-corrected chi connectivity index (χ4v) is 5.50. The number of imide groups is 1. The number of sulfonamides is 1. The first-order valence-electron chi connectivity index (χ1n) is 10.6. The van der Waals surface area contributed by atoms with E-state index in [2.05, 4.69) is 15.4 Å². The first kappa shape index (κ1) is 23.2. The fourth-order valence-electron chi connectivity index (χ4n) is 4.14. The van der Waals surface area contributed by atoms with E-state index in [9.17, 15) is 22.8 Å². The average molecular weight is 451 g/mol. The Hall–Kier alpha value is -2.46. The van der Waals surface area contributed by atoms with Gasteiger partial charge in [-0.1, -0.05) is 31.4 Å². The summed E-state index contributed by atoms with van der Waals surface area (Å²) >= 11 is 0. The van der Waals surface area contributed by atoms with Crippen LogP contribution in [0.15, 0.2) is 23.1 Å². The molecule has 1 saturated carbocycles. The van der Waals surface area contributed by atoms with Gasteiger partial charge < -0.3 is 10.6 Å². The topological polar surface area (TPSA) is 125 Å². The predicted octanol–water partition coefficient (Wildman–Crippen LogP) is 1.34. The minimum Gasteiger partial charge on any atom is -0.355 e. The smallest absolute Gasteiger partial charge is 0.325 e. The Morgan fingerprint density at radius 3 is 2.55 bits per heavy atom. The minimum absolute atomic E-state index is 0.00641. The number of hydrogen-bond donors (Lipinski definition) is 3. The molecule has 31 heavy (non-hydrogen) atoms. The van der Waals surface area contributed by atoms with Gasteiger partial charge in [0.2, 0.25) is 15.9 Å². The van der Waals surface area contributed by atoms with E-state index < -0.39 is 21.6 Å². The lowest BCUT2D eigenvalue weighted by atomic mass is 9.82. The van der Waals surface area contributed by atoms with E-state index in [-0.39, 0.29) is 42.8 Å². The van der Waals surface area contributed by atoms with Crippen molar-refractivity contribution in [3.05, 3.63) is 29.3 Å². The second-order valence-corrected chi connectivity index (χ2v) is 10.0. The fraction of sp³-hybridized carbons (Fsp3) is 0.571. The van der Waals surface area contributed by atoms with Crippen LogP contribution in [-0.2, 0) is 19.6 Å². The summed E-state index contributed by atoms with van der Waals surface area (Å²) in [4.78, 5) is 38.4. The number of urea groups is 1. The summed E-state index contributed by atoms with van der Waals surface area (Å²) in [5.41, 5.74) is 0.694. The Bertz CT molecular complexity index is 970. The molecule has 0 atom stereocenters. The zero-order valence-electron chi connectivity index (χ0n) is 18.0. The molecule has 3 rings (SSSR count). The predicted molar refractivity (Wildman–Crippen MR) is 115 cm³/mol. The molecule has 1 heterocycles. The van der Waals surface area contributed by atoms with Gasteiger partial charge in [-0.05, 0) is 43.9 Å². The standard InChI is InChI=1S/C21H30N4O5S/c1-15-6-7-16(2)17(14-15)31(29,30)23-12-11-22-18(26)8-13-25-19(27)21(24-20(25)28)9-4-3-5-10-21/h6-7,14,23H,3-5,8-13H2,1-2H3,(H,22,26)(H,24,28). The lowest BCUT2D eigenvalue weighted by Crippen LogP contribution is -2.48. The van der Waals surface area contributed by atoms with Crippen molar-refractivity contribution in [1.82, 2.24) is 20.3 Å². The number of rotatable bonds is 8. The van der Waals surface area contributed by atoms with Crippen LogP contribution in [0.5, 0.6) is 0 Å². The van der Waals surface area contributed by atoms with Crippen LogP contribution in [0, 0.1) is 13.8 Å². The molecule has 1 spiro atoms. The Kier molecular flexibility index (Phi) is 7.00. The van der Waals surface area contributed by atoms with Gasteiger partial charge in [-0.25, -0.2) is 17.9 Å². The lowest BCUT2D eigenvalue weighted by Gasteiger charge is -2.30. The molecule has 1 aromatic rings. The molecular formula is C21H30N4O5S. The highest BCUT2D eigenvalue weighted by atomic mass is 32.2. The highest BCUT2D eigenvalue weighted by Crippen LogP contribution is 2.33. The molecule has 4 amide bonds. The molecule has 170 valence electrons. The van der Waals surface area contributed by atoms with E-state index >= 15 is 0 Å². The number of benzene rings is 1. The van der Waals surface area contributed by atoms with E-state index in [0.29, 0.717) is 18.4 Å². The van der Waals surface area contributed by atoms with Crippen LogP contribution in [0.1, 0.15) is 49.7 Å². The van der Waals surface area contributed by atoms with Crippen LogP contribution in [0.3, 0.4) is 0 Å². The van der Waals surface area contributed by atoms with Gasteiger partial charge in [0.05, 0.1) is 4.90 Å². The third-order valence-corrected chi connectivity index (χ3v) is 7.49. The van der Waals surface area contributed by atoms with Gasteiger partial charge >= 0.3 is 6.03 Å². The molecule has 1 aliphatic carbocycles. The van der Waals surface area contributed by atoms with E-state index in [1.54, 1.807) is 19.1 Å². The maximum absolute atomic E-state index is 12.7. The lowest BCUT2D eigenvalue weighted by molar-refractivity contribution is -0.132. The van der Waals surface area contributed by atoms with Crippen molar-refractivity contribution in [2.45, 2.75) is 62.8 Å². The van der Waals surface area contributed by atoms with E-state index in [1.807, 2.05) is 13.0 Å². The van der Waals surface area contributed by atoms with Gasteiger partial charge in [-0.15, -0.1) is 0 Å². The third-order valence-electron chi connectivity index (χ3n) is 5.89. The quantitative estimate of drug-likeness (QED) is 0.407. The number of aryl methyl sites for hydroxylation is 2. The van der Waals surface area contributed by atoms with Crippen LogP contribution in [0.2, 0.25) is 0 Å². The average Bonchev–Trinajstić information content (AvgIpc) is 2.95. The summed E-state index contributed by atoms with van der Waals surface area (Å²) in [6.07, 6.45) is 4.11. The Morgan fingerprint density at radius 1 is 1.13 bits per heavy atom. The molecule has 1 aromatic carbocycles. The maximum Gasteiger partial charge on any atom is 0.325 e. The Balaban J connectivity index is 1.43. The zero-order valence-corrected chi connectivity index (χ0v) is 18.8. The molecule has 0 aromatic heterocycles. The number of carbonyl (C=O) groups is 3. The number of carbonyl (C=O) groups excluding carboxylic acids is 3. The van der Waals surface area contributed by atoms with Crippen LogP contribution in [0.4, 0.5) is 4.79 Å². The number of amides is 4. The van der Waals surface area contributed by atoms with Gasteiger partial charge in [0.15, 0.2) is 0 Å². The zero-order chi connectivity index (χ0) is 22.6. The third kappa shape index (κ3) is 5.24. The van der Waals surface area contributed by atoms with Crippen LogP contribution in [-0.4, -0.2) is 56.3 Å². The largest absolute Gasteiger partial charge is 0.355 e. The van der Waals surface area contributed by atoms with Gasteiger partial charge in [-0.3, -0.25) is 14.5 Å². The maximum atomic E-state index is 12.7. The van der Waals surface area contributed by atoms with Crippen molar-refractivity contribution in [1.29, 1.82) is 0 Å². The number of hydrogen-bond acceptors (Lipinski definition) is 5. The summed E-state index contributed by atoms with van der Waals surface area (Å²) in [5.74, 6) is -0.595. The van der Waals surface area contributed by atoms with E-state index in [4.69, 9.17) is 0 Å². The van der Waals surface area contributed by atoms with Crippen molar-refractivity contribution >= 4 is 27.9 Å². The molecule has 10 heteroatoms. The summed E-state index contributed by atoms with van der Waals surface area (Å²) in [6.45, 7) is 3.69. The minimum atomic E-state index is -3.67. The van der Waals surface area contributed by atoms with E-state index in [1.165, 1.54) is 0 Å². The summed E-state index contributed by atoms with van der Waals surface area (Å²) in [6, 6.07) is 4.75. The highest BCUT2D eigenvalue weighted by molar-refractivity contribution is 7.89. The summed E-state index contributed by atoms with van der Waals surface area (Å²) in [7, 11) is -3.67. The molecule has 2 fully saturated rings. The van der Waals surface area contributed by atoms with Crippen LogP contribution in [0.25, 0.3) is 0 Å². The van der Waals surface area contributed by atoms with Crippen molar-refractivity contribution in [3.63, 3.8) is 0 Å². The Labute approximate surface area is 183 Å². The second kappa shape index (κ2) is 9.35. The molecule has 2 aliphatic rings. The number of nitrogens with one attached hydrogen (secondary N) is 3. The molecule has 0 bridgehead atoms. The van der Waals surface area contributed by atoms with Crippen LogP contribution >= 0.6 is 0 Å². The van der Waals surface area contributed by atoms with Crippen molar-refractivity contribution in [2.24, 2.45) is 0 Å². The molecule has 1 aliphatic heterocycles. The first-order valence-corrected chi connectivity index (χ1v) is 12.1. The second-order valence-electron chi connectivity index (χ2n) is 8.30. The van der Waals surface area contributed by atoms with Crippen molar-refractivity contribution in [2.75, 3.05) is 19.6 Å². The molecule has 1 saturated heterocycles. The van der Waals surface area contributed by atoms with E-state index in [0.717, 1.165) is 29.7 Å². The molecular weight excluding hydrogens is 420 g/mol. The number of nitrogens with zero attached hydrogens (tertiary/aromatic N) is 1. The monoisotopic (exact) mass is 450 g/mol. The molecule has 9 nitrogen and oxygen atoms in total. The van der Waals surface area contributed by atoms with Gasteiger partial charge in [0.25, 0.3) is 5.91 Å². The first-order chi connectivity index (χ1) is 14.6. The van der Waals surface area contributed by atoms with Gasteiger partial charge in [-0.2, -0.15) is 0 Å². The summed E-state index contributed by atoms with van der Waals surface area (Å²) < 4.78 is 27.4. The van der Waals surface area contributed by atoms with Gasteiger partial charge in [0.1, 0.15) is 5.54 Å². The SMILES string of the molecule is Cc1ccc(C)c(S(=O)(=O)NCCNC(=O)CCN2C(=O)NC3(CCCCC3)C2=O)c1. The Morgan fingerprint density at radius 2 is 1.84 bits per heavy atom. The van der Waals surface area contributed by atoms with Gasteiger partial charge in [0, 0.05) is 26.1 Å². The molecule has 3 N–H and O–H groups in total. The highest BCUT2D eigenvalue weighted by Gasteiger charge is 2.51. The molecule has 0 unspecified atom stereocenters.